The summed E-state index contributed by atoms with van der Waals surface area (Å²) in [6, 6.07) is 15.0. The zero-order valence-electron chi connectivity index (χ0n) is 9.82. The van der Waals surface area contributed by atoms with E-state index in [0.29, 0.717) is 10.0 Å². The number of hydrazone groups is 1. The Kier molecular flexibility index (Phi) is 4.24. The Morgan fingerprint density at radius 2 is 1.56 bits per heavy atom. The molecule has 0 heterocycles. The van der Waals surface area contributed by atoms with Crippen molar-refractivity contribution in [3.05, 3.63) is 64.1 Å². The summed E-state index contributed by atoms with van der Waals surface area (Å²) in [5.74, 6) is 0. The molecule has 0 saturated heterocycles. The van der Waals surface area contributed by atoms with Gasteiger partial charge in [-0.25, -0.2) is 0 Å². The maximum absolute atomic E-state index is 6.10. The molecule has 0 aromatic heterocycles. The number of anilines is 1. The predicted molar refractivity (Wildman–Crippen MR) is 78.7 cm³/mol. The SMILES string of the molecule is C/C(=N/Nc1ccccc1Cl)c1ccccc1Cl. The molecule has 18 heavy (non-hydrogen) atoms. The van der Waals surface area contributed by atoms with Crippen LogP contribution < -0.4 is 5.43 Å². The van der Waals surface area contributed by atoms with Gasteiger partial charge in [-0.15, -0.1) is 0 Å². The highest BCUT2D eigenvalue weighted by Crippen LogP contribution is 2.21. The third-order valence-corrected chi connectivity index (χ3v) is 3.14. The minimum absolute atomic E-state index is 0.633. The van der Waals surface area contributed by atoms with Crippen LogP contribution in [0.5, 0.6) is 0 Å². The second-order valence-electron chi connectivity index (χ2n) is 3.77. The highest BCUT2D eigenvalue weighted by Gasteiger charge is 2.03. The van der Waals surface area contributed by atoms with Gasteiger partial charge in [-0.2, -0.15) is 5.10 Å². The van der Waals surface area contributed by atoms with Crippen LogP contribution in [0.1, 0.15) is 12.5 Å². The molecule has 0 amide bonds. The van der Waals surface area contributed by atoms with Gasteiger partial charge in [-0.05, 0) is 25.1 Å². The zero-order chi connectivity index (χ0) is 13.0. The normalized spacial score (nSPS) is 11.4. The molecule has 0 atom stereocenters. The van der Waals surface area contributed by atoms with Gasteiger partial charge in [-0.3, -0.25) is 5.43 Å². The van der Waals surface area contributed by atoms with Crippen molar-refractivity contribution in [3.63, 3.8) is 0 Å². The van der Waals surface area contributed by atoms with Crippen molar-refractivity contribution < 1.29 is 0 Å². The molecule has 2 rings (SSSR count). The van der Waals surface area contributed by atoms with E-state index < -0.39 is 0 Å². The van der Waals surface area contributed by atoms with E-state index in [0.717, 1.165) is 17.0 Å². The van der Waals surface area contributed by atoms with E-state index in [1.54, 1.807) is 0 Å². The number of para-hydroxylation sites is 1. The average Bonchev–Trinajstić information content (AvgIpc) is 2.38. The molecule has 0 aliphatic rings. The van der Waals surface area contributed by atoms with Crippen LogP contribution in [0, 0.1) is 0 Å². The number of nitrogens with one attached hydrogen (secondary N) is 1. The summed E-state index contributed by atoms with van der Waals surface area (Å²) in [6.07, 6.45) is 0. The van der Waals surface area contributed by atoms with Gasteiger partial charge in [0.15, 0.2) is 0 Å². The number of rotatable bonds is 3. The topological polar surface area (TPSA) is 24.4 Å². The van der Waals surface area contributed by atoms with Gasteiger partial charge >= 0.3 is 0 Å². The number of benzene rings is 2. The standard InChI is InChI=1S/C14H12Cl2N2/c1-10(11-6-2-3-7-12(11)15)17-18-14-9-5-4-8-13(14)16/h2-9,18H,1H3/b17-10-. The summed E-state index contributed by atoms with van der Waals surface area (Å²) in [5, 5.41) is 5.60. The first-order valence-electron chi connectivity index (χ1n) is 5.48. The van der Waals surface area contributed by atoms with Gasteiger partial charge < -0.3 is 0 Å². The molecule has 0 aliphatic heterocycles. The van der Waals surface area contributed by atoms with Crippen LogP contribution in [0.3, 0.4) is 0 Å². The number of hydrogen-bond donors (Lipinski definition) is 1. The van der Waals surface area contributed by atoms with Gasteiger partial charge in [-0.1, -0.05) is 53.5 Å². The number of nitrogens with zero attached hydrogens (tertiary/aromatic N) is 1. The van der Waals surface area contributed by atoms with E-state index in [2.05, 4.69) is 10.5 Å². The minimum Gasteiger partial charge on any atom is -0.277 e. The van der Waals surface area contributed by atoms with Crippen LogP contribution in [0.4, 0.5) is 5.69 Å². The van der Waals surface area contributed by atoms with Gasteiger partial charge in [0.05, 0.1) is 16.4 Å². The molecule has 0 bridgehead atoms. The molecule has 0 unspecified atom stereocenters. The van der Waals surface area contributed by atoms with Crippen LogP contribution in [0.2, 0.25) is 10.0 Å². The molecule has 0 aliphatic carbocycles. The summed E-state index contributed by atoms with van der Waals surface area (Å²) in [4.78, 5) is 0. The Hall–Kier alpha value is -1.51. The molecule has 2 aromatic carbocycles. The fourth-order valence-corrected chi connectivity index (χ4v) is 1.96. The third kappa shape index (κ3) is 3.03. The maximum atomic E-state index is 6.10. The summed E-state index contributed by atoms with van der Waals surface area (Å²) in [6.45, 7) is 1.89. The summed E-state index contributed by atoms with van der Waals surface area (Å²) in [5.41, 5.74) is 5.41. The van der Waals surface area contributed by atoms with E-state index in [-0.39, 0.29) is 0 Å². The van der Waals surface area contributed by atoms with E-state index in [1.165, 1.54) is 0 Å². The van der Waals surface area contributed by atoms with Crippen molar-refractivity contribution >= 4 is 34.6 Å². The first-order valence-corrected chi connectivity index (χ1v) is 6.24. The lowest BCUT2D eigenvalue weighted by molar-refractivity contribution is 1.32. The Morgan fingerprint density at radius 3 is 2.22 bits per heavy atom. The van der Waals surface area contributed by atoms with Crippen LogP contribution in [0.25, 0.3) is 0 Å². The maximum Gasteiger partial charge on any atom is 0.0748 e. The van der Waals surface area contributed by atoms with Crippen molar-refractivity contribution in [2.24, 2.45) is 5.10 Å². The minimum atomic E-state index is 0.633. The molecule has 2 aromatic rings. The van der Waals surface area contributed by atoms with E-state index >= 15 is 0 Å². The molecular formula is C14H12Cl2N2. The lowest BCUT2D eigenvalue weighted by Gasteiger charge is -2.06. The molecule has 92 valence electrons. The van der Waals surface area contributed by atoms with Crippen LogP contribution >= 0.6 is 23.2 Å². The Balaban J connectivity index is 2.20. The summed E-state index contributed by atoms with van der Waals surface area (Å²) in [7, 11) is 0. The lowest BCUT2D eigenvalue weighted by atomic mass is 10.1. The molecule has 4 heteroatoms. The fourth-order valence-electron chi connectivity index (χ4n) is 1.51. The number of halogens is 2. The van der Waals surface area contributed by atoms with Crippen molar-refractivity contribution in [2.75, 3.05) is 5.43 Å². The first kappa shape index (κ1) is 12.9. The largest absolute Gasteiger partial charge is 0.277 e. The molecule has 0 saturated carbocycles. The van der Waals surface area contributed by atoms with Gasteiger partial charge in [0.25, 0.3) is 0 Å². The molecule has 1 N–H and O–H groups in total. The second-order valence-corrected chi connectivity index (χ2v) is 4.58. The van der Waals surface area contributed by atoms with Gasteiger partial charge in [0, 0.05) is 10.6 Å². The van der Waals surface area contributed by atoms with Crippen molar-refractivity contribution in [1.82, 2.24) is 0 Å². The third-order valence-electron chi connectivity index (χ3n) is 2.48. The predicted octanol–water partition coefficient (Wildman–Crippen LogP) is 4.83. The molecule has 0 spiro atoms. The van der Waals surface area contributed by atoms with Crippen LogP contribution in [0.15, 0.2) is 53.6 Å². The Bertz CT molecular complexity index is 580. The Labute approximate surface area is 116 Å². The van der Waals surface area contributed by atoms with E-state index in [9.17, 15) is 0 Å². The monoisotopic (exact) mass is 278 g/mol. The van der Waals surface area contributed by atoms with Gasteiger partial charge in [0.2, 0.25) is 0 Å². The second kappa shape index (κ2) is 5.89. The van der Waals surface area contributed by atoms with Crippen LogP contribution in [-0.2, 0) is 0 Å². The van der Waals surface area contributed by atoms with Crippen LogP contribution in [-0.4, -0.2) is 5.71 Å². The lowest BCUT2D eigenvalue weighted by Crippen LogP contribution is -2.00. The molecule has 0 radical (unpaired) electrons. The number of hydrogen-bond acceptors (Lipinski definition) is 2. The smallest absolute Gasteiger partial charge is 0.0748 e. The summed E-state index contributed by atoms with van der Waals surface area (Å²) >= 11 is 12.1. The van der Waals surface area contributed by atoms with E-state index in [1.807, 2.05) is 55.5 Å². The molecular weight excluding hydrogens is 267 g/mol. The molecule has 0 fully saturated rings. The van der Waals surface area contributed by atoms with E-state index in [4.69, 9.17) is 23.2 Å². The fraction of sp³-hybridized carbons (Fsp3) is 0.0714. The Morgan fingerprint density at radius 1 is 0.944 bits per heavy atom. The van der Waals surface area contributed by atoms with Crippen molar-refractivity contribution in [3.8, 4) is 0 Å². The van der Waals surface area contributed by atoms with Crippen molar-refractivity contribution in [1.29, 1.82) is 0 Å². The average molecular weight is 279 g/mol. The highest BCUT2D eigenvalue weighted by molar-refractivity contribution is 6.34. The first-order chi connectivity index (χ1) is 8.68. The van der Waals surface area contributed by atoms with Crippen molar-refractivity contribution in [2.45, 2.75) is 6.92 Å². The quantitative estimate of drug-likeness (QED) is 0.631. The zero-order valence-corrected chi connectivity index (χ0v) is 11.3. The van der Waals surface area contributed by atoms with Gasteiger partial charge in [0.1, 0.15) is 0 Å². The highest BCUT2D eigenvalue weighted by atomic mass is 35.5. The molecule has 2 nitrogen and oxygen atoms in total. The summed E-state index contributed by atoms with van der Waals surface area (Å²) < 4.78 is 0.